The van der Waals surface area contributed by atoms with Crippen molar-refractivity contribution in [2.45, 2.75) is 51.2 Å². The Balaban J connectivity index is 1.48. The summed E-state index contributed by atoms with van der Waals surface area (Å²) in [6, 6.07) is 9.77. The Morgan fingerprint density at radius 2 is 2.06 bits per heavy atom. The van der Waals surface area contributed by atoms with Crippen LogP contribution in [0.2, 0.25) is 5.02 Å². The summed E-state index contributed by atoms with van der Waals surface area (Å²) < 4.78 is 8.21. The number of ether oxygens (including phenoxy) is 1. The zero-order valence-electron chi connectivity index (χ0n) is 19.6. The van der Waals surface area contributed by atoms with Gasteiger partial charge in [0.25, 0.3) is 0 Å². The van der Waals surface area contributed by atoms with Crippen LogP contribution in [0.3, 0.4) is 0 Å². The number of pyridine rings is 1. The van der Waals surface area contributed by atoms with E-state index in [2.05, 4.69) is 27.2 Å². The van der Waals surface area contributed by atoms with Gasteiger partial charge in [0.1, 0.15) is 17.8 Å². The van der Waals surface area contributed by atoms with Crippen LogP contribution in [0, 0.1) is 6.92 Å². The highest BCUT2D eigenvalue weighted by molar-refractivity contribution is 6.33. The summed E-state index contributed by atoms with van der Waals surface area (Å²) >= 11 is 6.81. The number of imidazole rings is 1. The topological polar surface area (TPSA) is 94.8 Å². The van der Waals surface area contributed by atoms with Crippen LogP contribution in [-0.2, 0) is 11.3 Å². The van der Waals surface area contributed by atoms with Gasteiger partial charge >= 0.3 is 0 Å². The van der Waals surface area contributed by atoms with Crippen LogP contribution in [0.15, 0.2) is 42.9 Å². The van der Waals surface area contributed by atoms with Crippen molar-refractivity contribution in [3.63, 3.8) is 0 Å². The van der Waals surface area contributed by atoms with E-state index in [0.29, 0.717) is 41.0 Å². The fraction of sp³-hybridized carbons (Fsp3) is 0.346. The molecule has 4 heterocycles. The molecule has 0 bridgehead atoms. The number of amides is 1. The molecule has 3 aromatic heterocycles. The van der Waals surface area contributed by atoms with E-state index in [1.54, 1.807) is 6.20 Å². The zero-order chi connectivity index (χ0) is 24.2. The van der Waals surface area contributed by atoms with E-state index in [9.17, 15) is 4.79 Å². The van der Waals surface area contributed by atoms with Crippen LogP contribution < -0.4 is 10.1 Å². The molecule has 2 fully saturated rings. The Kier molecular flexibility index (Phi) is 5.21. The Bertz CT molecular complexity index is 1460. The lowest BCUT2D eigenvalue weighted by molar-refractivity contribution is -0.120. The lowest BCUT2D eigenvalue weighted by atomic mass is 9.96. The van der Waals surface area contributed by atoms with E-state index in [1.807, 2.05) is 41.8 Å². The van der Waals surface area contributed by atoms with Gasteiger partial charge in [0, 0.05) is 18.3 Å². The Labute approximate surface area is 207 Å². The third-order valence-corrected chi connectivity index (χ3v) is 7.09. The first-order valence-electron chi connectivity index (χ1n) is 11.8. The quantitative estimate of drug-likeness (QED) is 0.431. The molecule has 1 amide bonds. The first-order chi connectivity index (χ1) is 16.9. The fourth-order valence-electron chi connectivity index (χ4n) is 4.55. The molecule has 0 spiro atoms. The lowest BCUT2D eigenvalue weighted by Crippen LogP contribution is -2.17. The summed E-state index contributed by atoms with van der Waals surface area (Å²) in [6.07, 6.45) is 6.05. The molecule has 6 rings (SSSR count). The number of aromatic nitrogens is 5. The van der Waals surface area contributed by atoms with Gasteiger partial charge in [-0.15, -0.1) is 0 Å². The van der Waals surface area contributed by atoms with E-state index in [1.165, 1.54) is 6.33 Å². The third kappa shape index (κ3) is 4.12. The van der Waals surface area contributed by atoms with E-state index in [-0.39, 0.29) is 17.4 Å². The van der Waals surface area contributed by atoms with Crippen molar-refractivity contribution in [3.8, 4) is 17.3 Å². The maximum absolute atomic E-state index is 12.2. The minimum absolute atomic E-state index is 0.0391. The molecular weight excluding hydrogens is 464 g/mol. The molecule has 1 aliphatic heterocycles. The number of carbonyl (C=O) groups is 1. The monoisotopic (exact) mass is 488 g/mol. The van der Waals surface area contributed by atoms with Crippen molar-refractivity contribution < 1.29 is 9.53 Å². The van der Waals surface area contributed by atoms with Crippen molar-refractivity contribution in [1.29, 1.82) is 0 Å². The second-order valence-electron chi connectivity index (χ2n) is 9.62. The number of carbonyl (C=O) groups excluding carboxylic acids is 1. The number of nitrogens with one attached hydrogen (secondary N) is 1. The number of rotatable bonds is 6. The van der Waals surface area contributed by atoms with Crippen LogP contribution in [-0.4, -0.2) is 42.6 Å². The number of hydrogen-bond donors (Lipinski definition) is 1. The van der Waals surface area contributed by atoms with E-state index in [4.69, 9.17) is 21.3 Å². The third-order valence-electron chi connectivity index (χ3n) is 6.77. The molecule has 8 nitrogen and oxygen atoms in total. The van der Waals surface area contributed by atoms with Gasteiger partial charge in [-0.25, -0.2) is 9.97 Å². The predicted octanol–water partition coefficient (Wildman–Crippen LogP) is 4.43. The molecule has 35 heavy (non-hydrogen) atoms. The van der Waals surface area contributed by atoms with Crippen LogP contribution in [0.5, 0.6) is 5.88 Å². The molecule has 4 aromatic rings. The van der Waals surface area contributed by atoms with Crippen molar-refractivity contribution in [3.05, 3.63) is 64.7 Å². The summed E-state index contributed by atoms with van der Waals surface area (Å²) in [5.41, 5.74) is 4.72. The highest BCUT2D eigenvalue weighted by atomic mass is 35.5. The number of nitrogens with zero attached hydrogens (tertiary/aromatic N) is 5. The molecule has 1 unspecified atom stereocenters. The minimum atomic E-state index is -0.204. The lowest BCUT2D eigenvalue weighted by Gasteiger charge is -2.13. The van der Waals surface area contributed by atoms with Gasteiger partial charge in [0.2, 0.25) is 11.8 Å². The largest absolute Gasteiger partial charge is 0.470 e. The summed E-state index contributed by atoms with van der Waals surface area (Å²) in [5.74, 6) is 0.990. The van der Waals surface area contributed by atoms with Crippen LogP contribution in [0.25, 0.3) is 22.6 Å². The Morgan fingerprint density at radius 1 is 1.20 bits per heavy atom. The molecule has 1 saturated carbocycles. The predicted molar refractivity (Wildman–Crippen MR) is 132 cm³/mol. The van der Waals surface area contributed by atoms with E-state index in [0.717, 1.165) is 41.6 Å². The second kappa shape index (κ2) is 8.30. The van der Waals surface area contributed by atoms with Crippen molar-refractivity contribution in [2.75, 3.05) is 6.54 Å². The molecule has 1 atom stereocenters. The summed E-state index contributed by atoms with van der Waals surface area (Å²) in [5, 5.41) is 3.42. The second-order valence-corrected chi connectivity index (χ2v) is 10.0. The molecule has 178 valence electrons. The van der Waals surface area contributed by atoms with Gasteiger partial charge < -0.3 is 14.6 Å². The number of halogens is 1. The standard InChI is InChI=1S/C26H25ClN6O2/c1-15-5-9-28-17(11-15)13-33-22(19-4-3-16(12-20(19)27)18-6-10-29-24(18)34)32-21-23(33)30-14-31-25(21)35-26(2)7-8-26/h3-5,9,11-12,14,18H,6-8,10,13H2,1-2H3,(H,29,34). The molecule has 0 radical (unpaired) electrons. The molecular formula is C26H25ClN6O2. The SMILES string of the molecule is Cc1ccnc(Cn2c(-c3ccc(C4CCNC4=O)cc3Cl)nc3c(OC4(C)CC4)ncnc32)c1. The van der Waals surface area contributed by atoms with E-state index >= 15 is 0 Å². The summed E-state index contributed by atoms with van der Waals surface area (Å²) in [7, 11) is 0. The van der Waals surface area contributed by atoms with Gasteiger partial charge in [-0.05, 0) is 68.5 Å². The number of aryl methyl sites for hydroxylation is 1. The minimum Gasteiger partial charge on any atom is -0.470 e. The molecule has 1 aliphatic carbocycles. The highest BCUT2D eigenvalue weighted by Crippen LogP contribution is 2.41. The first-order valence-corrected chi connectivity index (χ1v) is 12.2. The maximum Gasteiger partial charge on any atom is 0.245 e. The molecule has 1 saturated heterocycles. The van der Waals surface area contributed by atoms with Crippen molar-refractivity contribution in [1.82, 2.24) is 29.8 Å². The fourth-order valence-corrected chi connectivity index (χ4v) is 4.82. The molecule has 9 heteroatoms. The van der Waals surface area contributed by atoms with Crippen molar-refractivity contribution >= 4 is 28.7 Å². The van der Waals surface area contributed by atoms with Crippen LogP contribution in [0.4, 0.5) is 0 Å². The van der Waals surface area contributed by atoms with Crippen LogP contribution >= 0.6 is 11.6 Å². The maximum atomic E-state index is 12.2. The zero-order valence-corrected chi connectivity index (χ0v) is 20.3. The van der Waals surface area contributed by atoms with Gasteiger partial charge in [-0.3, -0.25) is 9.78 Å². The number of hydrogen-bond acceptors (Lipinski definition) is 6. The van der Waals surface area contributed by atoms with Gasteiger partial charge in [0.05, 0.1) is 23.2 Å². The Morgan fingerprint density at radius 3 is 2.77 bits per heavy atom. The normalized spacial score (nSPS) is 18.6. The summed E-state index contributed by atoms with van der Waals surface area (Å²) in [4.78, 5) is 30.6. The smallest absolute Gasteiger partial charge is 0.245 e. The average Bonchev–Trinajstić information content (AvgIpc) is 3.22. The highest BCUT2D eigenvalue weighted by Gasteiger charge is 2.41. The number of benzene rings is 1. The van der Waals surface area contributed by atoms with Crippen molar-refractivity contribution in [2.24, 2.45) is 0 Å². The van der Waals surface area contributed by atoms with E-state index < -0.39 is 0 Å². The van der Waals surface area contributed by atoms with Crippen LogP contribution in [0.1, 0.15) is 48.9 Å². The molecule has 1 N–H and O–H groups in total. The first kappa shape index (κ1) is 22.0. The molecule has 1 aromatic carbocycles. The average molecular weight is 489 g/mol. The van der Waals surface area contributed by atoms with Gasteiger partial charge in [-0.2, -0.15) is 4.98 Å². The van der Waals surface area contributed by atoms with Gasteiger partial charge in [-0.1, -0.05) is 17.7 Å². The summed E-state index contributed by atoms with van der Waals surface area (Å²) in [6.45, 7) is 5.26. The molecule has 2 aliphatic rings. The van der Waals surface area contributed by atoms with Gasteiger partial charge in [0.15, 0.2) is 11.2 Å². The number of fused-ring (bicyclic) bond motifs is 1. The Hall–Kier alpha value is -3.52.